The van der Waals surface area contributed by atoms with Crippen LogP contribution in [0.25, 0.3) is 10.1 Å². The van der Waals surface area contributed by atoms with E-state index in [1.807, 2.05) is 12.1 Å². The van der Waals surface area contributed by atoms with Gasteiger partial charge in [0, 0.05) is 14.2 Å². The molecule has 0 nitrogen and oxygen atoms in total. The van der Waals surface area contributed by atoms with E-state index in [9.17, 15) is 0 Å². The fraction of sp³-hybridized carbons (Fsp3) is 0.125. The van der Waals surface area contributed by atoms with E-state index in [1.165, 1.54) is 26.8 Å². The van der Waals surface area contributed by atoms with Crippen LogP contribution in [0.5, 0.6) is 0 Å². The van der Waals surface area contributed by atoms with E-state index in [1.54, 1.807) is 11.3 Å². The standard InChI is InChI=1S/C16H11Br2ClS/c1-9-5-6-10(19)7-12(9)15(18)13-8-20-16-11(13)3-2-4-14(16)17/h2-8,15H,1H3. The van der Waals surface area contributed by atoms with Crippen molar-refractivity contribution in [1.82, 2.24) is 0 Å². The van der Waals surface area contributed by atoms with Gasteiger partial charge in [-0.15, -0.1) is 11.3 Å². The summed E-state index contributed by atoms with van der Waals surface area (Å²) < 4.78 is 2.43. The fourth-order valence-corrected chi connectivity index (χ4v) is 5.17. The van der Waals surface area contributed by atoms with E-state index in [0.717, 1.165) is 9.50 Å². The Balaban J connectivity index is 2.15. The Bertz CT molecular complexity index is 779. The first-order valence-corrected chi connectivity index (χ1v) is 9.10. The highest BCUT2D eigenvalue weighted by Gasteiger charge is 2.18. The fourth-order valence-electron chi connectivity index (χ4n) is 2.29. The highest BCUT2D eigenvalue weighted by Crippen LogP contribution is 2.42. The van der Waals surface area contributed by atoms with E-state index in [-0.39, 0.29) is 4.83 Å². The largest absolute Gasteiger partial charge is 0.142 e. The maximum Gasteiger partial charge on any atom is 0.0661 e. The second kappa shape index (κ2) is 5.80. The maximum atomic E-state index is 6.14. The number of benzene rings is 2. The second-order valence-corrected chi connectivity index (χ2v) is 7.76. The molecule has 0 spiro atoms. The minimum atomic E-state index is 0.157. The maximum absolute atomic E-state index is 6.14. The van der Waals surface area contributed by atoms with Crippen LogP contribution in [0.1, 0.15) is 21.5 Å². The lowest BCUT2D eigenvalue weighted by Gasteiger charge is -2.13. The molecule has 0 saturated carbocycles. The lowest BCUT2D eigenvalue weighted by Crippen LogP contribution is -1.95. The number of thiophene rings is 1. The van der Waals surface area contributed by atoms with Crippen molar-refractivity contribution in [3.8, 4) is 0 Å². The Labute approximate surface area is 144 Å². The van der Waals surface area contributed by atoms with Gasteiger partial charge < -0.3 is 0 Å². The van der Waals surface area contributed by atoms with Crippen LogP contribution in [-0.4, -0.2) is 0 Å². The molecule has 1 aromatic heterocycles. The highest BCUT2D eigenvalue weighted by molar-refractivity contribution is 9.10. The van der Waals surface area contributed by atoms with Gasteiger partial charge in [0.25, 0.3) is 0 Å². The number of fused-ring (bicyclic) bond motifs is 1. The SMILES string of the molecule is Cc1ccc(Cl)cc1C(Br)c1csc2c(Br)cccc12. The number of hydrogen-bond acceptors (Lipinski definition) is 1. The molecule has 2 aromatic carbocycles. The molecule has 4 heteroatoms. The minimum absolute atomic E-state index is 0.157. The molecular formula is C16H11Br2ClS. The van der Waals surface area contributed by atoms with E-state index >= 15 is 0 Å². The molecule has 20 heavy (non-hydrogen) atoms. The number of aryl methyl sites for hydroxylation is 1. The first-order chi connectivity index (χ1) is 9.58. The summed E-state index contributed by atoms with van der Waals surface area (Å²) in [4.78, 5) is 0.157. The van der Waals surface area contributed by atoms with Gasteiger partial charge in [0.05, 0.1) is 4.83 Å². The van der Waals surface area contributed by atoms with Crippen molar-refractivity contribution >= 4 is 64.9 Å². The van der Waals surface area contributed by atoms with E-state index in [2.05, 4.69) is 68.4 Å². The number of rotatable bonds is 2. The second-order valence-electron chi connectivity index (χ2n) is 4.67. The van der Waals surface area contributed by atoms with Gasteiger partial charge in [0.2, 0.25) is 0 Å². The van der Waals surface area contributed by atoms with Crippen molar-refractivity contribution < 1.29 is 0 Å². The van der Waals surface area contributed by atoms with Crippen molar-refractivity contribution in [1.29, 1.82) is 0 Å². The lowest BCUT2D eigenvalue weighted by atomic mass is 10.00. The molecule has 0 aliphatic carbocycles. The van der Waals surface area contributed by atoms with Crippen LogP contribution >= 0.6 is 54.8 Å². The number of halogens is 3. The third-order valence-corrected chi connectivity index (χ3v) is 6.56. The van der Waals surface area contributed by atoms with Gasteiger partial charge >= 0.3 is 0 Å². The molecule has 0 bridgehead atoms. The Morgan fingerprint density at radius 3 is 2.75 bits per heavy atom. The molecule has 102 valence electrons. The minimum Gasteiger partial charge on any atom is -0.142 e. The molecule has 3 rings (SSSR count). The Morgan fingerprint density at radius 2 is 1.95 bits per heavy atom. The molecule has 1 atom stereocenters. The molecule has 3 aromatic rings. The van der Waals surface area contributed by atoms with E-state index < -0.39 is 0 Å². The molecule has 0 N–H and O–H groups in total. The Morgan fingerprint density at radius 1 is 1.15 bits per heavy atom. The summed E-state index contributed by atoms with van der Waals surface area (Å²) >= 11 is 15.4. The molecule has 0 saturated heterocycles. The topological polar surface area (TPSA) is 0 Å². The smallest absolute Gasteiger partial charge is 0.0661 e. The van der Waals surface area contributed by atoms with Crippen molar-refractivity contribution in [3.63, 3.8) is 0 Å². The van der Waals surface area contributed by atoms with Gasteiger partial charge in [0.1, 0.15) is 0 Å². The summed E-state index contributed by atoms with van der Waals surface area (Å²) in [7, 11) is 0. The number of alkyl halides is 1. The monoisotopic (exact) mass is 428 g/mol. The summed E-state index contributed by atoms with van der Waals surface area (Å²) in [6, 6.07) is 12.4. The Hall–Kier alpha value is -0.350. The Kier molecular flexibility index (Phi) is 4.23. The zero-order valence-electron chi connectivity index (χ0n) is 10.7. The van der Waals surface area contributed by atoms with Crippen LogP contribution in [-0.2, 0) is 0 Å². The van der Waals surface area contributed by atoms with Gasteiger partial charge in [-0.25, -0.2) is 0 Å². The zero-order valence-corrected chi connectivity index (χ0v) is 15.4. The van der Waals surface area contributed by atoms with Crippen LogP contribution in [0.3, 0.4) is 0 Å². The summed E-state index contributed by atoms with van der Waals surface area (Å²) in [5.74, 6) is 0. The van der Waals surface area contributed by atoms with Crippen molar-refractivity contribution in [2.75, 3.05) is 0 Å². The predicted molar refractivity (Wildman–Crippen MR) is 96.5 cm³/mol. The quantitative estimate of drug-likeness (QED) is 0.380. The average Bonchev–Trinajstić information content (AvgIpc) is 2.86. The van der Waals surface area contributed by atoms with Gasteiger partial charge in [-0.2, -0.15) is 0 Å². The average molecular weight is 431 g/mol. The molecule has 0 radical (unpaired) electrons. The predicted octanol–water partition coefficient (Wildman–Crippen LogP) is 7.11. The van der Waals surface area contributed by atoms with Crippen molar-refractivity contribution in [3.05, 3.63) is 68.0 Å². The van der Waals surface area contributed by atoms with E-state index in [4.69, 9.17) is 11.6 Å². The van der Waals surface area contributed by atoms with Crippen LogP contribution < -0.4 is 0 Å². The van der Waals surface area contributed by atoms with Crippen LogP contribution in [0.15, 0.2) is 46.3 Å². The van der Waals surface area contributed by atoms with Crippen LogP contribution in [0.4, 0.5) is 0 Å². The van der Waals surface area contributed by atoms with Gasteiger partial charge in [-0.1, -0.05) is 45.7 Å². The third-order valence-electron chi connectivity index (χ3n) is 3.37. The summed E-state index contributed by atoms with van der Waals surface area (Å²) in [6.07, 6.45) is 0. The molecule has 1 unspecified atom stereocenters. The lowest BCUT2D eigenvalue weighted by molar-refractivity contribution is 1.17. The molecule has 0 amide bonds. The van der Waals surface area contributed by atoms with Crippen LogP contribution in [0.2, 0.25) is 5.02 Å². The summed E-state index contributed by atoms with van der Waals surface area (Å²) in [6.45, 7) is 2.12. The zero-order chi connectivity index (χ0) is 14.3. The van der Waals surface area contributed by atoms with Crippen molar-refractivity contribution in [2.45, 2.75) is 11.8 Å². The van der Waals surface area contributed by atoms with E-state index in [0.29, 0.717) is 0 Å². The third kappa shape index (κ3) is 2.57. The molecule has 1 heterocycles. The van der Waals surface area contributed by atoms with Crippen LogP contribution in [0, 0.1) is 6.92 Å². The first kappa shape index (κ1) is 14.6. The molecule has 0 aliphatic rings. The van der Waals surface area contributed by atoms with Gasteiger partial charge in [-0.3, -0.25) is 0 Å². The number of hydrogen-bond donors (Lipinski definition) is 0. The van der Waals surface area contributed by atoms with Crippen molar-refractivity contribution in [2.24, 2.45) is 0 Å². The molecule has 0 aliphatic heterocycles. The summed E-state index contributed by atoms with van der Waals surface area (Å²) in [5.41, 5.74) is 3.75. The van der Waals surface area contributed by atoms with Gasteiger partial charge in [-0.05, 0) is 68.5 Å². The van der Waals surface area contributed by atoms with Gasteiger partial charge in [0.15, 0.2) is 0 Å². The summed E-state index contributed by atoms with van der Waals surface area (Å²) in [5, 5.41) is 4.27. The first-order valence-electron chi connectivity index (χ1n) is 6.13. The highest BCUT2D eigenvalue weighted by atomic mass is 79.9. The normalized spacial score (nSPS) is 12.8. The molecule has 0 fully saturated rings. The molecular weight excluding hydrogens is 420 g/mol.